The number of benzene rings is 1. The van der Waals surface area contributed by atoms with Gasteiger partial charge in [0.15, 0.2) is 0 Å². The van der Waals surface area contributed by atoms with Gasteiger partial charge < -0.3 is 5.73 Å². The fourth-order valence-electron chi connectivity index (χ4n) is 3.26. The number of hydrogen-bond donors (Lipinski definition) is 2. The quantitative estimate of drug-likeness (QED) is 0.739. The van der Waals surface area contributed by atoms with Gasteiger partial charge in [-0.1, -0.05) is 6.07 Å². The molecule has 0 saturated heterocycles. The maximum atomic E-state index is 13.9. The number of nitrogens with zero attached hydrogens (tertiary/aromatic N) is 3. The lowest BCUT2D eigenvalue weighted by Crippen LogP contribution is -2.35. The van der Waals surface area contributed by atoms with Gasteiger partial charge in [0.1, 0.15) is 11.6 Å². The van der Waals surface area contributed by atoms with Gasteiger partial charge in [0.25, 0.3) is 5.56 Å². The third-order valence-electron chi connectivity index (χ3n) is 4.60. The molecule has 138 valence electrons. The van der Waals surface area contributed by atoms with E-state index in [1.54, 1.807) is 12.3 Å². The molecular formula is C19H17F2N5O. The molecule has 0 unspecified atom stereocenters. The lowest BCUT2D eigenvalue weighted by Gasteiger charge is -2.27. The second-order valence-electron chi connectivity index (χ2n) is 6.51. The van der Waals surface area contributed by atoms with Gasteiger partial charge in [-0.25, -0.2) is 13.8 Å². The first-order valence-electron chi connectivity index (χ1n) is 8.50. The zero-order valence-corrected chi connectivity index (χ0v) is 14.4. The van der Waals surface area contributed by atoms with E-state index in [0.29, 0.717) is 30.8 Å². The van der Waals surface area contributed by atoms with Crippen molar-refractivity contribution in [2.24, 2.45) is 0 Å². The number of nitrogens with two attached hydrogens (primary N) is 1. The molecule has 6 nitrogen and oxygen atoms in total. The molecule has 1 aromatic carbocycles. The second kappa shape index (κ2) is 6.88. The number of rotatable bonds is 3. The number of pyridine rings is 1. The first kappa shape index (κ1) is 17.3. The Kier molecular flexibility index (Phi) is 4.41. The highest BCUT2D eigenvalue weighted by Crippen LogP contribution is 2.23. The summed E-state index contributed by atoms with van der Waals surface area (Å²) in [4.78, 5) is 25.1. The second-order valence-corrected chi connectivity index (χ2v) is 6.51. The first-order chi connectivity index (χ1) is 13.0. The number of halogens is 2. The van der Waals surface area contributed by atoms with Gasteiger partial charge in [0, 0.05) is 37.8 Å². The smallest absolute Gasteiger partial charge is 0.257 e. The summed E-state index contributed by atoms with van der Waals surface area (Å²) in [5.74, 6) is -0.893. The Morgan fingerprint density at radius 3 is 2.85 bits per heavy atom. The van der Waals surface area contributed by atoms with Gasteiger partial charge in [-0.2, -0.15) is 0 Å². The van der Waals surface area contributed by atoms with Crippen LogP contribution in [0.1, 0.15) is 16.8 Å². The summed E-state index contributed by atoms with van der Waals surface area (Å²) in [5.41, 5.74) is 8.15. The molecule has 4 rings (SSSR count). The monoisotopic (exact) mass is 369 g/mol. The molecule has 0 fully saturated rings. The Balaban J connectivity index is 1.51. The Bertz CT molecular complexity index is 1050. The summed E-state index contributed by atoms with van der Waals surface area (Å²) in [7, 11) is 0. The van der Waals surface area contributed by atoms with Crippen LogP contribution >= 0.6 is 0 Å². The molecule has 1 aliphatic rings. The van der Waals surface area contributed by atoms with Crippen LogP contribution in [0.2, 0.25) is 0 Å². The maximum absolute atomic E-state index is 13.9. The van der Waals surface area contributed by atoms with E-state index in [2.05, 4.69) is 19.9 Å². The number of nitrogen functional groups attached to an aromatic ring is 1. The van der Waals surface area contributed by atoms with Crippen molar-refractivity contribution in [3.63, 3.8) is 0 Å². The molecule has 3 N–H and O–H groups in total. The molecule has 2 aromatic heterocycles. The SMILES string of the molecule is Nc1nc2c(c(=O)[nH]1)CN(Cc1ccc(-c3cc(F)ccc3F)nc1)CC2. The van der Waals surface area contributed by atoms with E-state index in [1.807, 2.05) is 6.07 Å². The molecule has 0 radical (unpaired) electrons. The predicted molar refractivity (Wildman–Crippen MR) is 96.7 cm³/mol. The molecule has 0 saturated carbocycles. The normalized spacial score (nSPS) is 14.1. The zero-order chi connectivity index (χ0) is 19.0. The summed E-state index contributed by atoms with van der Waals surface area (Å²) in [5, 5.41) is 0. The first-order valence-corrected chi connectivity index (χ1v) is 8.50. The molecular weight excluding hydrogens is 352 g/mol. The van der Waals surface area contributed by atoms with Gasteiger partial charge >= 0.3 is 0 Å². The molecule has 0 amide bonds. The van der Waals surface area contributed by atoms with E-state index in [-0.39, 0.29) is 17.1 Å². The summed E-state index contributed by atoms with van der Waals surface area (Å²) >= 11 is 0. The van der Waals surface area contributed by atoms with Gasteiger partial charge in [-0.15, -0.1) is 0 Å². The Morgan fingerprint density at radius 2 is 2.07 bits per heavy atom. The van der Waals surface area contributed by atoms with Crippen LogP contribution in [-0.4, -0.2) is 26.4 Å². The Labute approximate surface area is 153 Å². The van der Waals surface area contributed by atoms with Crippen molar-refractivity contribution in [2.45, 2.75) is 19.5 Å². The summed E-state index contributed by atoms with van der Waals surface area (Å²) in [6.07, 6.45) is 2.28. The van der Waals surface area contributed by atoms with Crippen LogP contribution in [0.15, 0.2) is 41.3 Å². The largest absolute Gasteiger partial charge is 0.369 e. The fraction of sp³-hybridized carbons (Fsp3) is 0.211. The summed E-state index contributed by atoms with van der Waals surface area (Å²) in [6, 6.07) is 6.78. The highest BCUT2D eigenvalue weighted by molar-refractivity contribution is 5.59. The Hall–Kier alpha value is -3.13. The molecule has 0 atom stereocenters. The lowest BCUT2D eigenvalue weighted by atomic mass is 10.1. The van der Waals surface area contributed by atoms with Gasteiger partial charge in [0.2, 0.25) is 5.95 Å². The zero-order valence-electron chi connectivity index (χ0n) is 14.4. The van der Waals surface area contributed by atoms with Crippen molar-refractivity contribution in [1.29, 1.82) is 0 Å². The third-order valence-corrected chi connectivity index (χ3v) is 4.60. The van der Waals surface area contributed by atoms with Crippen LogP contribution < -0.4 is 11.3 Å². The van der Waals surface area contributed by atoms with Gasteiger partial charge in [0.05, 0.1) is 17.0 Å². The molecule has 0 spiro atoms. The summed E-state index contributed by atoms with van der Waals surface area (Å²) in [6.45, 7) is 1.80. The van der Waals surface area contributed by atoms with E-state index in [4.69, 9.17) is 5.73 Å². The minimum Gasteiger partial charge on any atom is -0.369 e. The fourth-order valence-corrected chi connectivity index (χ4v) is 3.26. The van der Waals surface area contributed by atoms with Crippen LogP contribution in [0.4, 0.5) is 14.7 Å². The van der Waals surface area contributed by atoms with Crippen molar-refractivity contribution in [1.82, 2.24) is 19.9 Å². The average molecular weight is 369 g/mol. The number of aromatic amines is 1. The number of anilines is 1. The molecule has 3 heterocycles. The lowest BCUT2D eigenvalue weighted by molar-refractivity contribution is 0.241. The number of fused-ring (bicyclic) bond motifs is 1. The third kappa shape index (κ3) is 3.56. The molecule has 1 aliphatic heterocycles. The highest BCUT2D eigenvalue weighted by Gasteiger charge is 2.21. The Morgan fingerprint density at radius 1 is 1.22 bits per heavy atom. The van der Waals surface area contributed by atoms with Crippen LogP contribution in [0.3, 0.4) is 0 Å². The van der Waals surface area contributed by atoms with Gasteiger partial charge in [-0.05, 0) is 29.8 Å². The van der Waals surface area contributed by atoms with E-state index >= 15 is 0 Å². The maximum Gasteiger partial charge on any atom is 0.257 e. The number of aromatic nitrogens is 3. The van der Waals surface area contributed by atoms with Gasteiger partial charge in [-0.3, -0.25) is 19.7 Å². The minimum absolute atomic E-state index is 0.128. The van der Waals surface area contributed by atoms with Crippen LogP contribution in [0, 0.1) is 11.6 Å². The predicted octanol–water partition coefficient (Wildman–Crippen LogP) is 2.25. The molecule has 8 heteroatoms. The van der Waals surface area contributed by atoms with Crippen molar-refractivity contribution in [2.75, 3.05) is 12.3 Å². The van der Waals surface area contributed by atoms with E-state index in [0.717, 1.165) is 36.0 Å². The standard InChI is InChI=1S/C19H17F2N5O/c20-12-2-3-15(21)13(7-12)16-4-1-11(8-23-16)9-26-6-5-17-14(10-26)18(27)25-19(22)24-17/h1-4,7-8H,5-6,9-10H2,(H3,22,24,25,27). The van der Waals surface area contributed by atoms with Crippen molar-refractivity contribution >= 4 is 5.95 Å². The topological polar surface area (TPSA) is 87.9 Å². The highest BCUT2D eigenvalue weighted by atomic mass is 19.1. The molecule has 0 aliphatic carbocycles. The van der Waals surface area contributed by atoms with Crippen LogP contribution in [-0.2, 0) is 19.5 Å². The van der Waals surface area contributed by atoms with Crippen LogP contribution in [0.5, 0.6) is 0 Å². The minimum atomic E-state index is -0.518. The average Bonchev–Trinajstić information content (AvgIpc) is 2.65. The van der Waals surface area contributed by atoms with Crippen molar-refractivity contribution < 1.29 is 8.78 Å². The number of H-pyrrole nitrogens is 1. The van der Waals surface area contributed by atoms with Crippen LogP contribution in [0.25, 0.3) is 11.3 Å². The van der Waals surface area contributed by atoms with Crippen molar-refractivity contribution in [3.05, 3.63) is 75.3 Å². The number of nitrogens with one attached hydrogen (secondary N) is 1. The van der Waals surface area contributed by atoms with E-state index in [9.17, 15) is 13.6 Å². The molecule has 0 bridgehead atoms. The molecule has 27 heavy (non-hydrogen) atoms. The summed E-state index contributed by atoms with van der Waals surface area (Å²) < 4.78 is 27.2. The van der Waals surface area contributed by atoms with E-state index < -0.39 is 11.6 Å². The van der Waals surface area contributed by atoms with E-state index in [1.165, 1.54) is 0 Å². The van der Waals surface area contributed by atoms with Crippen molar-refractivity contribution in [3.8, 4) is 11.3 Å². The molecule has 3 aromatic rings. The number of hydrogen-bond acceptors (Lipinski definition) is 5.